The van der Waals surface area contributed by atoms with E-state index in [4.69, 9.17) is 5.73 Å². The first-order valence-corrected chi connectivity index (χ1v) is 5.76. The Morgan fingerprint density at radius 2 is 2.41 bits per heavy atom. The van der Waals surface area contributed by atoms with Gasteiger partial charge in [0.05, 0.1) is 12.7 Å². The maximum Gasteiger partial charge on any atom is 0.276 e. The molecule has 2 rings (SSSR count). The van der Waals surface area contributed by atoms with Gasteiger partial charge in [-0.3, -0.25) is 9.48 Å². The molecule has 17 heavy (non-hydrogen) atoms. The molecule has 0 aromatic carbocycles. The molecule has 1 aliphatic rings. The van der Waals surface area contributed by atoms with E-state index in [9.17, 15) is 4.79 Å². The predicted octanol–water partition coefficient (Wildman–Crippen LogP) is 0.0290. The molecular formula is C11H17N5O. The molecule has 0 atom stereocenters. The molecule has 0 fully saturated rings. The lowest BCUT2D eigenvalue weighted by atomic mass is 10.1. The molecule has 6 nitrogen and oxygen atoms in total. The van der Waals surface area contributed by atoms with Crippen LogP contribution in [0.25, 0.3) is 0 Å². The lowest BCUT2D eigenvalue weighted by molar-refractivity contribution is 0.0760. The van der Waals surface area contributed by atoms with Crippen molar-refractivity contribution in [2.75, 3.05) is 19.6 Å². The highest BCUT2D eigenvalue weighted by Crippen LogP contribution is 2.11. The number of hydrogen-bond donors (Lipinski definition) is 1. The second-order valence-electron chi connectivity index (χ2n) is 4.22. The van der Waals surface area contributed by atoms with Crippen molar-refractivity contribution in [2.24, 2.45) is 5.73 Å². The van der Waals surface area contributed by atoms with Crippen LogP contribution in [0.4, 0.5) is 0 Å². The Bertz CT molecular complexity index is 437. The number of nitrogens with two attached hydrogens (primary N) is 1. The minimum absolute atomic E-state index is 0.0549. The summed E-state index contributed by atoms with van der Waals surface area (Å²) in [6, 6.07) is 0. The zero-order valence-electron chi connectivity index (χ0n) is 9.96. The lowest BCUT2D eigenvalue weighted by Gasteiger charge is -2.25. The number of rotatable bonds is 3. The number of hydrogen-bond acceptors (Lipinski definition) is 4. The van der Waals surface area contributed by atoms with Gasteiger partial charge in [0.25, 0.3) is 5.91 Å². The van der Waals surface area contributed by atoms with Crippen molar-refractivity contribution in [3.63, 3.8) is 0 Å². The standard InChI is InChI=1S/C11H17N5O/c1-9-3-2-5-15(7-9)11(17)10-8-16(6-4-12)14-13-10/h3,8H,2,4-7,12H2,1H3. The fourth-order valence-corrected chi connectivity index (χ4v) is 1.88. The fourth-order valence-electron chi connectivity index (χ4n) is 1.88. The van der Waals surface area contributed by atoms with Gasteiger partial charge in [-0.1, -0.05) is 16.9 Å². The normalized spacial score (nSPS) is 15.9. The van der Waals surface area contributed by atoms with Gasteiger partial charge in [0.2, 0.25) is 0 Å². The maximum absolute atomic E-state index is 12.1. The van der Waals surface area contributed by atoms with Crippen molar-refractivity contribution in [2.45, 2.75) is 19.9 Å². The highest BCUT2D eigenvalue weighted by Gasteiger charge is 2.20. The van der Waals surface area contributed by atoms with Crippen LogP contribution in [0.2, 0.25) is 0 Å². The van der Waals surface area contributed by atoms with Gasteiger partial charge in [0, 0.05) is 19.6 Å². The van der Waals surface area contributed by atoms with Gasteiger partial charge < -0.3 is 10.6 Å². The molecule has 1 aromatic rings. The summed E-state index contributed by atoms with van der Waals surface area (Å²) < 4.78 is 1.60. The van der Waals surface area contributed by atoms with E-state index < -0.39 is 0 Å². The quantitative estimate of drug-likeness (QED) is 0.750. The molecule has 0 radical (unpaired) electrons. The van der Waals surface area contributed by atoms with E-state index in [1.54, 1.807) is 15.8 Å². The van der Waals surface area contributed by atoms with E-state index >= 15 is 0 Å². The molecule has 2 N–H and O–H groups in total. The van der Waals surface area contributed by atoms with Gasteiger partial charge in [-0.2, -0.15) is 0 Å². The van der Waals surface area contributed by atoms with Gasteiger partial charge in [-0.05, 0) is 13.3 Å². The van der Waals surface area contributed by atoms with E-state index in [0.717, 1.165) is 13.0 Å². The molecule has 2 heterocycles. The molecule has 1 aromatic heterocycles. The SMILES string of the molecule is CC1=CCCN(C(=O)c2cn(CCN)nn2)C1. The van der Waals surface area contributed by atoms with Crippen LogP contribution >= 0.6 is 0 Å². The molecule has 0 saturated carbocycles. The van der Waals surface area contributed by atoms with E-state index in [0.29, 0.717) is 25.3 Å². The molecule has 0 aliphatic carbocycles. The number of carbonyl (C=O) groups is 1. The number of amides is 1. The van der Waals surface area contributed by atoms with E-state index in [-0.39, 0.29) is 5.91 Å². The van der Waals surface area contributed by atoms with Crippen LogP contribution in [0.3, 0.4) is 0 Å². The summed E-state index contributed by atoms with van der Waals surface area (Å²) in [4.78, 5) is 13.9. The zero-order chi connectivity index (χ0) is 12.3. The van der Waals surface area contributed by atoms with Crippen molar-refractivity contribution in [1.29, 1.82) is 0 Å². The van der Waals surface area contributed by atoms with Crippen LogP contribution in [-0.4, -0.2) is 45.4 Å². The summed E-state index contributed by atoms with van der Waals surface area (Å²) in [5, 5.41) is 7.75. The third kappa shape index (κ3) is 2.71. The molecule has 1 amide bonds. The predicted molar refractivity (Wildman–Crippen MR) is 63.4 cm³/mol. The number of carbonyl (C=O) groups excluding carboxylic acids is 1. The van der Waals surface area contributed by atoms with Crippen LogP contribution in [0.1, 0.15) is 23.8 Å². The Kier molecular flexibility index (Phi) is 3.53. The average Bonchev–Trinajstić information content (AvgIpc) is 2.77. The summed E-state index contributed by atoms with van der Waals surface area (Å²) in [5.41, 5.74) is 7.03. The number of nitrogens with zero attached hydrogens (tertiary/aromatic N) is 4. The van der Waals surface area contributed by atoms with Crippen molar-refractivity contribution in [3.05, 3.63) is 23.5 Å². The summed E-state index contributed by atoms with van der Waals surface area (Å²) in [5.74, 6) is -0.0549. The first kappa shape index (κ1) is 11.8. The molecule has 92 valence electrons. The van der Waals surface area contributed by atoms with Gasteiger partial charge in [0.15, 0.2) is 5.69 Å². The minimum atomic E-state index is -0.0549. The summed E-state index contributed by atoms with van der Waals surface area (Å²) >= 11 is 0. The molecule has 0 bridgehead atoms. The van der Waals surface area contributed by atoms with E-state index in [2.05, 4.69) is 16.4 Å². The smallest absolute Gasteiger partial charge is 0.276 e. The monoisotopic (exact) mass is 235 g/mol. The first-order chi connectivity index (χ1) is 8.20. The van der Waals surface area contributed by atoms with Crippen molar-refractivity contribution >= 4 is 5.91 Å². The second-order valence-corrected chi connectivity index (χ2v) is 4.22. The van der Waals surface area contributed by atoms with E-state index in [1.807, 2.05) is 6.92 Å². The second kappa shape index (κ2) is 5.09. The largest absolute Gasteiger partial charge is 0.333 e. The molecule has 0 spiro atoms. The van der Waals surface area contributed by atoms with Crippen molar-refractivity contribution < 1.29 is 4.79 Å². The van der Waals surface area contributed by atoms with Gasteiger partial charge in [-0.25, -0.2) is 0 Å². The van der Waals surface area contributed by atoms with Gasteiger partial charge >= 0.3 is 0 Å². The first-order valence-electron chi connectivity index (χ1n) is 5.76. The summed E-state index contributed by atoms with van der Waals surface area (Å²) in [6.45, 7) is 4.54. The van der Waals surface area contributed by atoms with Crippen LogP contribution in [0.15, 0.2) is 17.8 Å². The lowest BCUT2D eigenvalue weighted by Crippen LogP contribution is -2.35. The minimum Gasteiger partial charge on any atom is -0.333 e. The van der Waals surface area contributed by atoms with Crippen molar-refractivity contribution in [1.82, 2.24) is 19.9 Å². The molecule has 1 aliphatic heterocycles. The maximum atomic E-state index is 12.1. The van der Waals surface area contributed by atoms with Gasteiger partial charge in [0.1, 0.15) is 0 Å². The van der Waals surface area contributed by atoms with Gasteiger partial charge in [-0.15, -0.1) is 5.10 Å². The molecule has 0 unspecified atom stereocenters. The van der Waals surface area contributed by atoms with Crippen molar-refractivity contribution in [3.8, 4) is 0 Å². The van der Waals surface area contributed by atoms with Crippen LogP contribution in [0.5, 0.6) is 0 Å². The Labute approximate surface area is 100 Å². The van der Waals surface area contributed by atoms with Crippen LogP contribution in [-0.2, 0) is 6.54 Å². The molecular weight excluding hydrogens is 218 g/mol. The average molecular weight is 235 g/mol. The third-order valence-corrected chi connectivity index (χ3v) is 2.74. The Morgan fingerprint density at radius 1 is 1.59 bits per heavy atom. The van der Waals surface area contributed by atoms with Crippen LogP contribution in [0, 0.1) is 0 Å². The zero-order valence-corrected chi connectivity index (χ0v) is 9.96. The highest BCUT2D eigenvalue weighted by molar-refractivity contribution is 5.92. The third-order valence-electron chi connectivity index (χ3n) is 2.74. The fraction of sp³-hybridized carbons (Fsp3) is 0.545. The Morgan fingerprint density at radius 3 is 3.12 bits per heavy atom. The Hall–Kier alpha value is -1.69. The number of aromatic nitrogens is 3. The molecule has 6 heteroatoms. The summed E-state index contributed by atoms with van der Waals surface area (Å²) in [7, 11) is 0. The Balaban J connectivity index is 2.06. The van der Waals surface area contributed by atoms with Crippen LogP contribution < -0.4 is 5.73 Å². The van der Waals surface area contributed by atoms with E-state index in [1.165, 1.54) is 5.57 Å². The summed E-state index contributed by atoms with van der Waals surface area (Å²) in [6.07, 6.45) is 4.73. The topological polar surface area (TPSA) is 77.0 Å². The highest BCUT2D eigenvalue weighted by atomic mass is 16.2. The molecule has 0 saturated heterocycles.